The number of thiocarbonyl (C=S) groups is 1. The van der Waals surface area contributed by atoms with Gasteiger partial charge >= 0.3 is 0 Å². The number of hydrogen-bond donors (Lipinski definition) is 1. The van der Waals surface area contributed by atoms with Crippen LogP contribution in [0.2, 0.25) is 5.02 Å². The molecule has 21 heavy (non-hydrogen) atoms. The molecular weight excluding hydrogens is 306 g/mol. The topological polar surface area (TPSA) is 53.1 Å². The maximum Gasteiger partial charge on any atom is 0.131 e. The quantitative estimate of drug-likeness (QED) is 0.857. The predicted octanol–water partition coefficient (Wildman–Crippen LogP) is 3.39. The second-order valence-electron chi connectivity index (χ2n) is 4.80. The van der Waals surface area contributed by atoms with E-state index in [0.29, 0.717) is 16.6 Å². The van der Waals surface area contributed by atoms with Gasteiger partial charge < -0.3 is 10.5 Å². The molecule has 2 rings (SSSR count). The average Bonchev–Trinajstić information content (AvgIpc) is 2.73. The average molecular weight is 324 g/mol. The molecule has 112 valence electrons. The molecule has 0 radical (unpaired) electrons. The van der Waals surface area contributed by atoms with E-state index in [-0.39, 0.29) is 0 Å². The molecule has 0 atom stereocenters. The lowest BCUT2D eigenvalue weighted by molar-refractivity contribution is 0.290. The van der Waals surface area contributed by atoms with Crippen LogP contribution in [0.15, 0.2) is 18.2 Å². The minimum absolute atomic E-state index is 0.354. The predicted molar refractivity (Wildman–Crippen MR) is 89.0 cm³/mol. The number of rotatable bonds is 5. The van der Waals surface area contributed by atoms with Crippen molar-refractivity contribution in [3.05, 3.63) is 45.7 Å². The maximum absolute atomic E-state index is 6.28. The summed E-state index contributed by atoms with van der Waals surface area (Å²) in [5.74, 6) is 0.748. The molecule has 1 aromatic heterocycles. The SMILES string of the molecule is CCn1nc(C)c(Cl)c1COc1cc(C(N)=S)ccc1C. The molecule has 0 aliphatic carbocycles. The van der Waals surface area contributed by atoms with Gasteiger partial charge in [0.15, 0.2) is 0 Å². The summed E-state index contributed by atoms with van der Waals surface area (Å²) in [6.45, 7) is 6.98. The first kappa shape index (κ1) is 15.8. The normalized spacial score (nSPS) is 10.7. The van der Waals surface area contributed by atoms with E-state index in [9.17, 15) is 0 Å². The van der Waals surface area contributed by atoms with E-state index in [1.807, 2.05) is 43.7 Å². The first-order valence-corrected chi connectivity index (χ1v) is 7.47. The molecule has 6 heteroatoms. The van der Waals surface area contributed by atoms with E-state index in [4.69, 9.17) is 34.3 Å². The zero-order valence-electron chi connectivity index (χ0n) is 12.3. The van der Waals surface area contributed by atoms with Crippen molar-refractivity contribution >= 4 is 28.8 Å². The van der Waals surface area contributed by atoms with E-state index < -0.39 is 0 Å². The van der Waals surface area contributed by atoms with Crippen LogP contribution in [-0.2, 0) is 13.2 Å². The van der Waals surface area contributed by atoms with E-state index >= 15 is 0 Å². The summed E-state index contributed by atoms with van der Waals surface area (Å²) in [4.78, 5) is 0.354. The Balaban J connectivity index is 2.24. The lowest BCUT2D eigenvalue weighted by atomic mass is 10.1. The fourth-order valence-electron chi connectivity index (χ4n) is 2.06. The van der Waals surface area contributed by atoms with E-state index in [1.54, 1.807) is 0 Å². The molecule has 4 nitrogen and oxygen atoms in total. The minimum atomic E-state index is 0.354. The van der Waals surface area contributed by atoms with Gasteiger partial charge in [0, 0.05) is 12.1 Å². The molecular formula is C15H18ClN3OS. The first-order chi connectivity index (χ1) is 9.93. The third-order valence-electron chi connectivity index (χ3n) is 3.29. The van der Waals surface area contributed by atoms with Gasteiger partial charge in [-0.3, -0.25) is 4.68 Å². The zero-order chi connectivity index (χ0) is 15.6. The van der Waals surface area contributed by atoms with Crippen LogP contribution in [0.25, 0.3) is 0 Å². The van der Waals surface area contributed by atoms with Crippen LogP contribution in [0.5, 0.6) is 5.75 Å². The molecule has 0 spiro atoms. The zero-order valence-corrected chi connectivity index (χ0v) is 13.9. The summed E-state index contributed by atoms with van der Waals surface area (Å²) in [6.07, 6.45) is 0. The third kappa shape index (κ3) is 3.36. The lowest BCUT2D eigenvalue weighted by Gasteiger charge is -2.12. The number of aryl methyl sites for hydroxylation is 3. The Morgan fingerprint density at radius 3 is 2.76 bits per heavy atom. The van der Waals surface area contributed by atoms with Crippen molar-refractivity contribution in [1.82, 2.24) is 9.78 Å². The number of nitrogens with zero attached hydrogens (tertiary/aromatic N) is 2. The number of aromatic nitrogens is 2. The monoisotopic (exact) mass is 323 g/mol. The molecule has 2 N–H and O–H groups in total. The molecule has 0 amide bonds. The third-order valence-corrected chi connectivity index (χ3v) is 4.02. The molecule has 1 aromatic carbocycles. The second kappa shape index (κ2) is 6.45. The summed E-state index contributed by atoms with van der Waals surface area (Å²) in [5, 5.41) is 5.03. The van der Waals surface area contributed by atoms with Gasteiger partial charge in [-0.1, -0.05) is 36.0 Å². The van der Waals surface area contributed by atoms with Gasteiger partial charge in [-0.2, -0.15) is 5.10 Å². The van der Waals surface area contributed by atoms with Crippen LogP contribution < -0.4 is 10.5 Å². The van der Waals surface area contributed by atoms with Crippen molar-refractivity contribution in [3.63, 3.8) is 0 Å². The summed E-state index contributed by atoms with van der Waals surface area (Å²) in [6, 6.07) is 5.68. The number of ether oxygens (including phenoxy) is 1. The highest BCUT2D eigenvalue weighted by Gasteiger charge is 2.13. The fraction of sp³-hybridized carbons (Fsp3) is 0.333. The van der Waals surface area contributed by atoms with Crippen molar-refractivity contribution < 1.29 is 4.74 Å². The Morgan fingerprint density at radius 1 is 1.43 bits per heavy atom. The smallest absolute Gasteiger partial charge is 0.131 e. The van der Waals surface area contributed by atoms with Crippen LogP contribution in [0.4, 0.5) is 0 Å². The van der Waals surface area contributed by atoms with Crippen LogP contribution in [-0.4, -0.2) is 14.8 Å². The Morgan fingerprint density at radius 2 is 2.14 bits per heavy atom. The van der Waals surface area contributed by atoms with Crippen molar-refractivity contribution in [2.45, 2.75) is 33.9 Å². The number of nitrogens with two attached hydrogens (primary N) is 1. The fourth-order valence-corrected chi connectivity index (χ4v) is 2.38. The van der Waals surface area contributed by atoms with Gasteiger partial charge in [-0.15, -0.1) is 0 Å². The highest BCUT2D eigenvalue weighted by molar-refractivity contribution is 7.80. The minimum Gasteiger partial charge on any atom is -0.487 e. The van der Waals surface area contributed by atoms with E-state index in [2.05, 4.69) is 5.10 Å². The Labute approximate surface area is 134 Å². The highest BCUT2D eigenvalue weighted by Crippen LogP contribution is 2.24. The Hall–Kier alpha value is -1.59. The van der Waals surface area contributed by atoms with Gasteiger partial charge in [-0.05, 0) is 32.4 Å². The molecule has 0 fully saturated rings. The van der Waals surface area contributed by atoms with E-state index in [1.165, 1.54) is 0 Å². The molecule has 2 aromatic rings. The van der Waals surface area contributed by atoms with Gasteiger partial charge in [0.1, 0.15) is 17.3 Å². The van der Waals surface area contributed by atoms with Gasteiger partial charge in [0.05, 0.1) is 16.4 Å². The summed E-state index contributed by atoms with van der Waals surface area (Å²) in [7, 11) is 0. The number of hydrogen-bond acceptors (Lipinski definition) is 3. The molecule has 0 aliphatic rings. The van der Waals surface area contributed by atoms with Crippen LogP contribution in [0.3, 0.4) is 0 Å². The van der Waals surface area contributed by atoms with Crippen LogP contribution in [0.1, 0.15) is 29.4 Å². The molecule has 0 saturated carbocycles. The largest absolute Gasteiger partial charge is 0.487 e. The van der Waals surface area contributed by atoms with E-state index in [0.717, 1.165) is 34.8 Å². The number of halogens is 1. The second-order valence-corrected chi connectivity index (χ2v) is 5.61. The summed E-state index contributed by atoms with van der Waals surface area (Å²) < 4.78 is 7.74. The molecule has 0 aliphatic heterocycles. The molecule has 0 unspecified atom stereocenters. The molecule has 1 heterocycles. The van der Waals surface area contributed by atoms with Crippen molar-refractivity contribution in [1.29, 1.82) is 0 Å². The lowest BCUT2D eigenvalue weighted by Crippen LogP contribution is -2.10. The summed E-state index contributed by atoms with van der Waals surface area (Å²) in [5.41, 5.74) is 9.14. The first-order valence-electron chi connectivity index (χ1n) is 6.69. The molecule has 0 bridgehead atoms. The van der Waals surface area contributed by atoms with Crippen molar-refractivity contribution in [2.24, 2.45) is 5.73 Å². The van der Waals surface area contributed by atoms with Gasteiger partial charge in [-0.25, -0.2) is 0 Å². The molecule has 0 saturated heterocycles. The van der Waals surface area contributed by atoms with Crippen LogP contribution in [0, 0.1) is 13.8 Å². The Bertz CT molecular complexity index is 682. The maximum atomic E-state index is 6.28. The number of benzene rings is 1. The summed E-state index contributed by atoms with van der Waals surface area (Å²) >= 11 is 11.3. The highest BCUT2D eigenvalue weighted by atomic mass is 35.5. The van der Waals surface area contributed by atoms with Gasteiger partial charge in [0.25, 0.3) is 0 Å². The Kier molecular flexibility index (Phi) is 4.85. The van der Waals surface area contributed by atoms with Crippen LogP contribution >= 0.6 is 23.8 Å². The van der Waals surface area contributed by atoms with Crippen molar-refractivity contribution in [2.75, 3.05) is 0 Å². The van der Waals surface area contributed by atoms with Gasteiger partial charge in [0.2, 0.25) is 0 Å². The van der Waals surface area contributed by atoms with Crippen molar-refractivity contribution in [3.8, 4) is 5.75 Å². The standard InChI is InChI=1S/C15H18ClN3OS/c1-4-19-12(14(16)10(3)18-19)8-20-13-7-11(15(17)21)6-5-9(13)2/h5-7H,4,8H2,1-3H3,(H2,17,21).